The molecule has 0 aromatic rings. The molecule has 2 aliphatic rings. The minimum absolute atomic E-state index is 0. The van der Waals surface area contributed by atoms with Gasteiger partial charge in [-0.3, -0.25) is 4.79 Å². The summed E-state index contributed by atoms with van der Waals surface area (Å²) in [6.07, 6.45) is -0.633. The Morgan fingerprint density at radius 2 is 2.00 bits per heavy atom. The first kappa shape index (κ1) is 23.4. The van der Waals surface area contributed by atoms with E-state index in [9.17, 15) is 29.7 Å². The number of carboxylic acid groups (broad SMARTS) is 2. The summed E-state index contributed by atoms with van der Waals surface area (Å²) in [6.45, 7) is 1.47. The number of thioether (sulfide) groups is 1. The standard InChI is InChI=1S/C12H16N2O6S.2Na/c1-4(15)8-6-2-7(21-3-5(13)11(17)18)9(12(19)20)14(6)10(8)16;;/h4-6,8,15H,2-3,13H2,1H3,(H,17,18)(H,19,20);;/q;2*+1/p-2/t4?,5-,6-,8-;;/m1../s1. The van der Waals surface area contributed by atoms with Gasteiger partial charge in [0.15, 0.2) is 0 Å². The van der Waals surface area contributed by atoms with Gasteiger partial charge in [-0.2, -0.15) is 0 Å². The molecule has 0 aromatic carbocycles. The molecule has 0 spiro atoms. The van der Waals surface area contributed by atoms with Crippen molar-refractivity contribution in [1.82, 2.24) is 4.90 Å². The van der Waals surface area contributed by atoms with Gasteiger partial charge in [0.1, 0.15) is 0 Å². The minimum Gasteiger partial charge on any atom is -0.548 e. The topological polar surface area (TPSA) is 147 Å². The van der Waals surface area contributed by atoms with E-state index in [-0.39, 0.29) is 77.0 Å². The molecule has 4 atom stereocenters. The molecular weight excluding hydrogens is 346 g/mol. The van der Waals surface area contributed by atoms with E-state index in [1.165, 1.54) is 6.92 Å². The molecule has 2 heterocycles. The summed E-state index contributed by atoms with van der Waals surface area (Å²) in [4.78, 5) is 35.1. The van der Waals surface area contributed by atoms with Gasteiger partial charge < -0.3 is 35.5 Å². The van der Waals surface area contributed by atoms with E-state index in [1.807, 2.05) is 0 Å². The summed E-state index contributed by atoms with van der Waals surface area (Å²) in [5, 5.41) is 31.3. The van der Waals surface area contributed by atoms with Crippen LogP contribution in [0, 0.1) is 5.92 Å². The molecule has 116 valence electrons. The number of aliphatic hydroxyl groups is 1. The fourth-order valence-corrected chi connectivity index (χ4v) is 3.73. The van der Waals surface area contributed by atoms with E-state index in [1.54, 1.807) is 0 Å². The van der Waals surface area contributed by atoms with Gasteiger partial charge in [-0.1, -0.05) is 0 Å². The van der Waals surface area contributed by atoms with Crippen molar-refractivity contribution >= 4 is 29.6 Å². The van der Waals surface area contributed by atoms with Crippen LogP contribution in [0.15, 0.2) is 10.6 Å². The number of aliphatic carboxylic acids is 2. The van der Waals surface area contributed by atoms with Gasteiger partial charge in [0.25, 0.3) is 0 Å². The van der Waals surface area contributed by atoms with Crippen molar-refractivity contribution in [2.75, 3.05) is 5.75 Å². The normalized spacial score (nSPS) is 24.8. The molecule has 2 rings (SSSR count). The number of nitrogens with two attached hydrogens (primary N) is 1. The van der Waals surface area contributed by atoms with Crippen LogP contribution in [0.4, 0.5) is 0 Å². The van der Waals surface area contributed by atoms with Crippen LogP contribution in [-0.4, -0.2) is 51.8 Å². The van der Waals surface area contributed by atoms with Gasteiger partial charge in [-0.15, -0.1) is 11.8 Å². The predicted octanol–water partition coefficient (Wildman–Crippen LogP) is -9.62. The Bertz CT molecular complexity index is 542. The van der Waals surface area contributed by atoms with E-state index in [2.05, 4.69) is 0 Å². The molecule has 2 aliphatic heterocycles. The average molecular weight is 360 g/mol. The maximum Gasteiger partial charge on any atom is 1.00 e. The summed E-state index contributed by atoms with van der Waals surface area (Å²) < 4.78 is 0. The largest absolute Gasteiger partial charge is 1.00 e. The van der Waals surface area contributed by atoms with Crippen LogP contribution < -0.4 is 75.1 Å². The Kier molecular flexibility index (Phi) is 9.38. The van der Waals surface area contributed by atoms with Crippen LogP contribution in [-0.2, 0) is 14.4 Å². The Morgan fingerprint density at radius 3 is 2.43 bits per heavy atom. The fraction of sp³-hybridized carbons (Fsp3) is 0.583. The van der Waals surface area contributed by atoms with Gasteiger partial charge >= 0.3 is 59.1 Å². The number of nitrogens with zero attached hydrogens (tertiary/aromatic N) is 1. The molecule has 1 fully saturated rings. The molecular formula is C12H14N2Na2O6S. The van der Waals surface area contributed by atoms with Crippen molar-refractivity contribution in [1.29, 1.82) is 0 Å². The van der Waals surface area contributed by atoms with E-state index >= 15 is 0 Å². The first-order chi connectivity index (χ1) is 9.75. The Labute approximate surface area is 181 Å². The van der Waals surface area contributed by atoms with Crippen LogP contribution in [0.2, 0.25) is 0 Å². The third kappa shape index (κ3) is 4.53. The number of hydrogen-bond donors (Lipinski definition) is 2. The maximum atomic E-state index is 11.9. The molecule has 3 N–H and O–H groups in total. The van der Waals surface area contributed by atoms with Crippen LogP contribution >= 0.6 is 11.8 Å². The van der Waals surface area contributed by atoms with Crippen molar-refractivity contribution in [2.45, 2.75) is 31.5 Å². The van der Waals surface area contributed by atoms with Gasteiger partial charge in [-0.25, -0.2) is 0 Å². The molecule has 0 aliphatic carbocycles. The zero-order valence-corrected chi connectivity index (χ0v) is 18.0. The second-order valence-corrected chi connectivity index (χ2v) is 6.16. The SMILES string of the molecule is CC(O)[C@H]1C(=O)N2C(C(=O)[O-])=C(SC[C@@H](N)C(=O)[O-])C[C@H]12.[Na+].[Na+]. The summed E-state index contributed by atoms with van der Waals surface area (Å²) in [6, 6.07) is -1.66. The molecule has 0 radical (unpaired) electrons. The second kappa shape index (κ2) is 9.21. The van der Waals surface area contributed by atoms with Gasteiger partial charge in [0.05, 0.1) is 41.7 Å². The minimum atomic E-state index is -1.50. The molecule has 0 saturated carbocycles. The number of β-lactam (4-membered cyclic amide) rings is 1. The summed E-state index contributed by atoms with van der Waals surface area (Å²) in [5.74, 6) is -4.11. The van der Waals surface area contributed by atoms with E-state index in [4.69, 9.17) is 5.73 Å². The van der Waals surface area contributed by atoms with E-state index in [0.717, 1.165) is 16.7 Å². The van der Waals surface area contributed by atoms with Crippen molar-refractivity contribution in [3.8, 4) is 0 Å². The first-order valence-electron chi connectivity index (χ1n) is 6.30. The third-order valence-electron chi connectivity index (χ3n) is 3.62. The number of amides is 1. The Hall–Kier alpha value is 0.420. The van der Waals surface area contributed by atoms with Crippen LogP contribution in [0.3, 0.4) is 0 Å². The van der Waals surface area contributed by atoms with Crippen molar-refractivity contribution in [3.63, 3.8) is 0 Å². The number of fused-ring (bicyclic) bond motifs is 1. The molecule has 1 amide bonds. The zero-order valence-electron chi connectivity index (χ0n) is 13.1. The fourth-order valence-electron chi connectivity index (χ4n) is 2.61. The van der Waals surface area contributed by atoms with Gasteiger partial charge in [0.2, 0.25) is 5.91 Å². The monoisotopic (exact) mass is 360 g/mol. The number of carboxylic acids is 2. The first-order valence-corrected chi connectivity index (χ1v) is 7.29. The third-order valence-corrected chi connectivity index (χ3v) is 4.86. The van der Waals surface area contributed by atoms with E-state index in [0.29, 0.717) is 4.91 Å². The smallest absolute Gasteiger partial charge is 0.548 e. The number of rotatable bonds is 6. The van der Waals surface area contributed by atoms with Gasteiger partial charge in [0, 0.05) is 17.1 Å². The summed E-state index contributed by atoms with van der Waals surface area (Å²) >= 11 is 0.958. The van der Waals surface area contributed by atoms with Crippen LogP contribution in [0.5, 0.6) is 0 Å². The second-order valence-electron chi connectivity index (χ2n) is 5.04. The quantitative estimate of drug-likeness (QED) is 0.351. The number of carbonyl (C=O) groups excluding carboxylic acids is 3. The molecule has 1 unspecified atom stereocenters. The number of hydrogen-bond acceptors (Lipinski definition) is 8. The molecule has 0 aromatic heterocycles. The van der Waals surface area contributed by atoms with Crippen molar-refractivity contribution in [2.24, 2.45) is 11.7 Å². The summed E-state index contributed by atoms with van der Waals surface area (Å²) in [5.41, 5.74) is 5.06. The predicted molar refractivity (Wildman–Crippen MR) is 67.9 cm³/mol. The molecule has 0 bridgehead atoms. The van der Waals surface area contributed by atoms with Crippen LogP contribution in [0.1, 0.15) is 13.3 Å². The van der Waals surface area contributed by atoms with Gasteiger partial charge in [-0.05, 0) is 6.92 Å². The maximum absolute atomic E-state index is 11.9. The Morgan fingerprint density at radius 1 is 1.43 bits per heavy atom. The number of aliphatic hydroxyl groups excluding tert-OH is 1. The zero-order chi connectivity index (χ0) is 15.9. The van der Waals surface area contributed by atoms with Crippen LogP contribution in [0.25, 0.3) is 0 Å². The molecule has 11 heteroatoms. The number of carbonyl (C=O) groups is 3. The Balaban J connectivity index is 0.00000242. The van der Waals surface area contributed by atoms with Crippen molar-refractivity contribution < 1.29 is 88.8 Å². The average Bonchev–Trinajstić information content (AvgIpc) is 2.69. The molecule has 1 saturated heterocycles. The summed E-state index contributed by atoms with van der Waals surface area (Å²) in [7, 11) is 0. The molecule has 8 nitrogen and oxygen atoms in total. The van der Waals surface area contributed by atoms with E-state index < -0.39 is 42.0 Å². The molecule has 23 heavy (non-hydrogen) atoms. The van der Waals surface area contributed by atoms with Crippen molar-refractivity contribution in [3.05, 3.63) is 10.6 Å².